The zero-order valence-electron chi connectivity index (χ0n) is 15.0. The molecule has 7 atom stereocenters. The molecular formula is C14H23F2N3O10. The van der Waals surface area contributed by atoms with Gasteiger partial charge < -0.3 is 51.7 Å². The number of hydrogen-bond acceptors (Lipinski definition) is 10. The molecule has 1 fully saturated rings. The largest absolute Gasteiger partial charge is 0.480 e. The number of hydrogen-bond donors (Lipinski definition) is 9. The second-order valence-corrected chi connectivity index (χ2v) is 6.44. The number of aliphatic hydroxyl groups excluding tert-OH is 4. The highest BCUT2D eigenvalue weighted by Crippen LogP contribution is 2.42. The molecular weight excluding hydrogens is 408 g/mol. The van der Waals surface area contributed by atoms with Gasteiger partial charge in [0.1, 0.15) is 30.5 Å². The van der Waals surface area contributed by atoms with Crippen molar-refractivity contribution in [3.05, 3.63) is 0 Å². The molecule has 1 rings (SSSR count). The van der Waals surface area contributed by atoms with Crippen molar-refractivity contribution in [3.63, 3.8) is 0 Å². The highest BCUT2D eigenvalue weighted by atomic mass is 19.3. The lowest BCUT2D eigenvalue weighted by Crippen LogP contribution is -2.64. The fourth-order valence-electron chi connectivity index (χ4n) is 2.40. The molecule has 0 aromatic carbocycles. The van der Waals surface area contributed by atoms with E-state index in [1.165, 1.54) is 12.2 Å². The maximum Gasteiger partial charge on any atom is 0.379 e. The van der Waals surface area contributed by atoms with E-state index in [-0.39, 0.29) is 0 Å². The van der Waals surface area contributed by atoms with Gasteiger partial charge in [-0.05, 0) is 6.92 Å². The predicted molar refractivity (Wildman–Crippen MR) is 86.1 cm³/mol. The minimum atomic E-state index is -4.95. The summed E-state index contributed by atoms with van der Waals surface area (Å²) in [6, 6.07) is -2.99. The molecule has 29 heavy (non-hydrogen) atoms. The predicted octanol–water partition coefficient (Wildman–Crippen LogP) is -5.18. The zero-order valence-corrected chi connectivity index (χ0v) is 15.0. The van der Waals surface area contributed by atoms with E-state index in [2.05, 4.69) is 4.74 Å². The molecule has 0 aliphatic carbocycles. The molecule has 1 aliphatic rings. The number of aliphatic carboxylic acids is 1. The Morgan fingerprint density at radius 1 is 1.31 bits per heavy atom. The van der Waals surface area contributed by atoms with Gasteiger partial charge >= 0.3 is 11.9 Å². The molecule has 10 N–H and O–H groups in total. The molecule has 13 nitrogen and oxygen atoms in total. The van der Waals surface area contributed by atoms with Crippen molar-refractivity contribution >= 4 is 17.8 Å². The molecule has 1 saturated heterocycles. The number of carboxylic acids is 1. The van der Waals surface area contributed by atoms with Crippen LogP contribution in [0, 0.1) is 0 Å². The van der Waals surface area contributed by atoms with E-state index in [9.17, 15) is 43.6 Å². The van der Waals surface area contributed by atoms with Gasteiger partial charge in [-0.25, -0.2) is 4.79 Å². The number of carbonyl (C=O) groups is 3. The van der Waals surface area contributed by atoms with E-state index < -0.39 is 79.1 Å². The third kappa shape index (κ3) is 4.95. The first-order valence-electron chi connectivity index (χ1n) is 8.20. The second kappa shape index (κ2) is 9.21. The van der Waals surface area contributed by atoms with E-state index >= 15 is 0 Å². The number of rotatable bonds is 9. The Kier molecular flexibility index (Phi) is 7.94. The molecule has 0 aromatic heterocycles. The number of carbonyl (C=O) groups excluding carboxylic acids is 2. The van der Waals surface area contributed by atoms with Crippen LogP contribution in [0.15, 0.2) is 0 Å². The highest BCUT2D eigenvalue weighted by Gasteiger charge is 2.71. The van der Waals surface area contributed by atoms with Crippen molar-refractivity contribution < 1.29 is 58.5 Å². The van der Waals surface area contributed by atoms with Crippen LogP contribution in [0.4, 0.5) is 8.78 Å². The first kappa shape index (κ1) is 25.0. The van der Waals surface area contributed by atoms with Gasteiger partial charge in [-0.3, -0.25) is 9.59 Å². The summed E-state index contributed by atoms with van der Waals surface area (Å²) in [5.74, 6) is -13.9. The Bertz CT molecular complexity index is 637. The van der Waals surface area contributed by atoms with Crippen LogP contribution in [0.1, 0.15) is 6.92 Å². The molecule has 0 spiro atoms. The molecule has 15 heteroatoms. The number of carboxylic acid groups (broad SMARTS) is 1. The van der Waals surface area contributed by atoms with Gasteiger partial charge in [-0.15, -0.1) is 0 Å². The van der Waals surface area contributed by atoms with E-state index in [0.29, 0.717) is 0 Å². The van der Waals surface area contributed by atoms with Gasteiger partial charge in [0.2, 0.25) is 5.91 Å². The van der Waals surface area contributed by atoms with Crippen molar-refractivity contribution in [3.8, 4) is 0 Å². The third-order valence-electron chi connectivity index (χ3n) is 4.17. The number of ether oxygens (including phenoxy) is 1. The maximum atomic E-state index is 14.5. The van der Waals surface area contributed by atoms with Gasteiger partial charge in [0.25, 0.3) is 11.7 Å². The maximum absolute atomic E-state index is 14.5. The second-order valence-electron chi connectivity index (χ2n) is 6.44. The van der Waals surface area contributed by atoms with Crippen LogP contribution in [0.2, 0.25) is 0 Å². The molecule has 0 radical (unpaired) electrons. The van der Waals surface area contributed by atoms with E-state index in [0.717, 1.165) is 0 Å². The van der Waals surface area contributed by atoms with Crippen LogP contribution >= 0.6 is 0 Å². The minimum absolute atomic E-state index is 0.949. The monoisotopic (exact) mass is 431 g/mol. The summed E-state index contributed by atoms with van der Waals surface area (Å²) in [5.41, 5.74) is 5.24. The average molecular weight is 431 g/mol. The summed E-state index contributed by atoms with van der Waals surface area (Å²) >= 11 is 0. The zero-order chi connectivity index (χ0) is 22.7. The Morgan fingerprint density at radius 2 is 1.86 bits per heavy atom. The highest BCUT2D eigenvalue weighted by molar-refractivity contribution is 5.88. The van der Waals surface area contributed by atoms with Crippen LogP contribution < -0.4 is 16.4 Å². The fraction of sp³-hybridized carbons (Fsp3) is 0.786. The van der Waals surface area contributed by atoms with Crippen molar-refractivity contribution in [2.45, 2.75) is 55.1 Å². The van der Waals surface area contributed by atoms with Crippen LogP contribution in [0.3, 0.4) is 0 Å². The van der Waals surface area contributed by atoms with Crippen LogP contribution in [0.5, 0.6) is 0 Å². The lowest BCUT2D eigenvalue weighted by molar-refractivity contribution is -0.325. The summed E-state index contributed by atoms with van der Waals surface area (Å²) in [4.78, 5) is 34.4. The Labute approximate surface area is 162 Å². The molecule has 2 amide bonds. The molecule has 1 aliphatic heterocycles. The van der Waals surface area contributed by atoms with Crippen molar-refractivity contribution in [2.24, 2.45) is 5.73 Å². The Balaban J connectivity index is 2.94. The average Bonchev–Trinajstić information content (AvgIpc) is 2.89. The number of nitrogens with two attached hydrogens (primary N) is 1. The van der Waals surface area contributed by atoms with Gasteiger partial charge in [0.15, 0.2) is 0 Å². The molecule has 0 bridgehead atoms. The summed E-state index contributed by atoms with van der Waals surface area (Å²) in [6.07, 6.45) is -9.10. The topological polar surface area (TPSA) is 232 Å². The molecule has 1 heterocycles. The van der Waals surface area contributed by atoms with Crippen LogP contribution in [-0.4, -0.2) is 110 Å². The molecule has 0 aromatic rings. The van der Waals surface area contributed by atoms with Gasteiger partial charge in [-0.1, -0.05) is 0 Å². The van der Waals surface area contributed by atoms with Crippen LogP contribution in [0.25, 0.3) is 0 Å². The van der Waals surface area contributed by atoms with Gasteiger partial charge in [0, 0.05) is 6.54 Å². The minimum Gasteiger partial charge on any atom is -0.480 e. The number of halogens is 2. The third-order valence-corrected chi connectivity index (χ3v) is 4.17. The van der Waals surface area contributed by atoms with Gasteiger partial charge in [-0.2, -0.15) is 8.78 Å². The van der Waals surface area contributed by atoms with Crippen molar-refractivity contribution in [1.82, 2.24) is 10.6 Å². The summed E-state index contributed by atoms with van der Waals surface area (Å²) < 4.78 is 33.3. The number of amides is 2. The van der Waals surface area contributed by atoms with E-state index in [1.807, 2.05) is 5.32 Å². The Morgan fingerprint density at radius 3 is 2.31 bits per heavy atom. The number of aliphatic hydroxyl groups is 5. The normalized spacial score (nSPS) is 30.3. The molecule has 0 unspecified atom stereocenters. The Hall–Kier alpha value is -2.01. The number of alkyl halides is 2. The SMILES string of the molecule is C[C@@H](N)C(=O)N[C@@H](CNC(=O)C(F)(F)[C@]1(O)O[C@@H]([C@@H](O)CO)[C@@H](O)[C@H]1O)C(=O)O. The summed E-state index contributed by atoms with van der Waals surface area (Å²) in [5, 5.41) is 60.0. The van der Waals surface area contributed by atoms with Crippen LogP contribution in [-0.2, 0) is 19.1 Å². The van der Waals surface area contributed by atoms with Gasteiger partial charge in [0.05, 0.1) is 12.6 Å². The standard InChI is InChI=1S/C14H23F2N3O10/c1-4(17)10(24)19-5(11(25)26)2-18-12(27)13(15,16)14(28)9(23)7(22)8(29-14)6(21)3-20/h4-9,20-23,28H,2-3,17H2,1H3,(H,18,27)(H,19,24)(H,25,26)/t4-,5+,6+,7-,8+,9-,14-/m1/s1. The summed E-state index contributed by atoms with van der Waals surface area (Å²) in [6.45, 7) is -0.917. The lowest BCUT2D eigenvalue weighted by atomic mass is 9.97. The first-order chi connectivity index (χ1) is 13.2. The molecule has 0 saturated carbocycles. The van der Waals surface area contributed by atoms with E-state index in [4.69, 9.17) is 15.9 Å². The summed E-state index contributed by atoms with van der Waals surface area (Å²) in [7, 11) is 0. The van der Waals surface area contributed by atoms with Crippen molar-refractivity contribution in [2.75, 3.05) is 13.2 Å². The molecule has 168 valence electrons. The lowest BCUT2D eigenvalue weighted by Gasteiger charge is -2.33. The smallest absolute Gasteiger partial charge is 0.379 e. The fourth-order valence-corrected chi connectivity index (χ4v) is 2.40. The number of nitrogens with one attached hydrogen (secondary N) is 2. The quantitative estimate of drug-likeness (QED) is 0.167. The first-order valence-corrected chi connectivity index (χ1v) is 8.20. The van der Waals surface area contributed by atoms with E-state index in [1.54, 1.807) is 0 Å². The van der Waals surface area contributed by atoms with Crippen molar-refractivity contribution in [1.29, 1.82) is 0 Å².